The molecule has 3 aromatic rings. The number of aromatic nitrogens is 6. The van der Waals surface area contributed by atoms with Crippen molar-refractivity contribution < 1.29 is 4.92 Å². The van der Waals surface area contributed by atoms with E-state index in [-0.39, 0.29) is 11.5 Å². The highest BCUT2D eigenvalue weighted by molar-refractivity contribution is 5.70. The van der Waals surface area contributed by atoms with Gasteiger partial charge in [0.15, 0.2) is 0 Å². The average Bonchev–Trinajstić information content (AvgIpc) is 3.07. The Bertz CT molecular complexity index is 807. The Morgan fingerprint density at radius 1 is 1.29 bits per heavy atom. The second kappa shape index (κ2) is 4.78. The Labute approximate surface area is 118 Å². The first-order valence-electron chi connectivity index (χ1n) is 6.12. The lowest BCUT2D eigenvalue weighted by Gasteiger charge is -2.08. The van der Waals surface area contributed by atoms with E-state index in [0.29, 0.717) is 11.3 Å². The molecule has 0 aliphatic rings. The van der Waals surface area contributed by atoms with E-state index in [2.05, 4.69) is 25.7 Å². The van der Waals surface area contributed by atoms with Gasteiger partial charge in [-0.2, -0.15) is 10.3 Å². The van der Waals surface area contributed by atoms with Crippen molar-refractivity contribution in [1.29, 1.82) is 0 Å². The van der Waals surface area contributed by atoms with Crippen LogP contribution in [-0.2, 0) is 0 Å². The Kier molecular flexibility index (Phi) is 2.94. The quantitative estimate of drug-likeness (QED) is 0.577. The minimum absolute atomic E-state index is 0.0416. The monoisotopic (exact) mass is 285 g/mol. The zero-order valence-corrected chi connectivity index (χ0v) is 11.3. The molecule has 0 saturated carbocycles. The third-order valence-electron chi connectivity index (χ3n) is 3.01. The maximum atomic E-state index is 11.0. The molecule has 1 N–H and O–H groups in total. The van der Waals surface area contributed by atoms with E-state index in [9.17, 15) is 10.1 Å². The van der Waals surface area contributed by atoms with Crippen molar-refractivity contribution in [3.63, 3.8) is 0 Å². The van der Waals surface area contributed by atoms with Gasteiger partial charge in [-0.3, -0.25) is 10.1 Å². The van der Waals surface area contributed by atoms with Gasteiger partial charge < -0.3 is 0 Å². The van der Waals surface area contributed by atoms with Crippen LogP contribution < -0.4 is 0 Å². The van der Waals surface area contributed by atoms with Crippen LogP contribution in [0.1, 0.15) is 11.4 Å². The van der Waals surface area contributed by atoms with Crippen molar-refractivity contribution in [1.82, 2.24) is 30.4 Å². The zero-order chi connectivity index (χ0) is 15.0. The number of hydrogen-bond donors (Lipinski definition) is 1. The first kappa shape index (κ1) is 12.9. The number of tetrazole rings is 1. The van der Waals surface area contributed by atoms with Crippen molar-refractivity contribution in [2.75, 3.05) is 0 Å². The van der Waals surface area contributed by atoms with Crippen LogP contribution in [0.15, 0.2) is 24.3 Å². The van der Waals surface area contributed by atoms with Crippen LogP contribution in [0.3, 0.4) is 0 Å². The highest BCUT2D eigenvalue weighted by Gasteiger charge is 2.18. The predicted molar refractivity (Wildman–Crippen MR) is 72.9 cm³/mol. The van der Waals surface area contributed by atoms with E-state index < -0.39 is 4.92 Å². The number of nitro benzene ring substituents is 1. The lowest BCUT2D eigenvalue weighted by Crippen LogP contribution is -2.03. The minimum atomic E-state index is -0.464. The van der Waals surface area contributed by atoms with Crippen molar-refractivity contribution >= 4 is 5.69 Å². The molecule has 0 spiro atoms. The van der Waals surface area contributed by atoms with Gasteiger partial charge in [-0.05, 0) is 31.2 Å². The number of nitro groups is 1. The van der Waals surface area contributed by atoms with Gasteiger partial charge in [-0.25, -0.2) is 4.68 Å². The molecule has 21 heavy (non-hydrogen) atoms. The van der Waals surface area contributed by atoms with E-state index in [1.165, 1.54) is 12.1 Å². The van der Waals surface area contributed by atoms with Gasteiger partial charge in [-0.1, -0.05) is 0 Å². The fourth-order valence-electron chi connectivity index (χ4n) is 2.15. The van der Waals surface area contributed by atoms with Crippen LogP contribution in [0.25, 0.3) is 17.1 Å². The highest BCUT2D eigenvalue weighted by atomic mass is 16.6. The molecular weight excluding hydrogens is 274 g/mol. The summed E-state index contributed by atoms with van der Waals surface area (Å²) in [6, 6.07) is 6.39. The van der Waals surface area contributed by atoms with Crippen LogP contribution in [0.4, 0.5) is 5.69 Å². The van der Waals surface area contributed by atoms with E-state index >= 15 is 0 Å². The Morgan fingerprint density at radius 3 is 2.67 bits per heavy atom. The molecule has 0 radical (unpaired) electrons. The molecule has 3 rings (SSSR count). The average molecular weight is 285 g/mol. The number of aromatic amines is 1. The third-order valence-corrected chi connectivity index (χ3v) is 3.01. The van der Waals surface area contributed by atoms with Crippen molar-refractivity contribution in [2.24, 2.45) is 0 Å². The van der Waals surface area contributed by atoms with Crippen molar-refractivity contribution in [3.05, 3.63) is 45.8 Å². The van der Waals surface area contributed by atoms with Gasteiger partial charge >= 0.3 is 0 Å². The van der Waals surface area contributed by atoms with E-state index in [4.69, 9.17) is 0 Å². The lowest BCUT2D eigenvalue weighted by molar-refractivity contribution is -0.384. The number of nitrogens with one attached hydrogen (secondary N) is 1. The molecule has 0 amide bonds. The number of benzene rings is 1. The standard InChI is InChI=1S/C12H11N7O2/c1-7-5-8(2)18(15-7)11-4-3-9(19(20)21)6-10(11)12-13-16-17-14-12/h3-6H,1-2H3,(H,13,14,16,17). The molecule has 1 aromatic carbocycles. The number of aryl methyl sites for hydroxylation is 2. The van der Waals surface area contributed by atoms with Gasteiger partial charge in [0.1, 0.15) is 0 Å². The van der Waals surface area contributed by atoms with Gasteiger partial charge in [-0.15, -0.1) is 10.2 Å². The maximum absolute atomic E-state index is 11.0. The second-order valence-corrected chi connectivity index (χ2v) is 4.53. The number of H-pyrrole nitrogens is 1. The van der Waals surface area contributed by atoms with Gasteiger partial charge in [0.05, 0.1) is 21.9 Å². The topological polar surface area (TPSA) is 115 Å². The summed E-state index contributed by atoms with van der Waals surface area (Å²) >= 11 is 0. The minimum Gasteiger partial charge on any atom is -0.258 e. The SMILES string of the molecule is Cc1cc(C)n(-c2ccc([N+](=O)[O-])cc2-c2nn[nH]n2)n1. The molecule has 0 aliphatic heterocycles. The Balaban J connectivity index is 2.25. The van der Waals surface area contributed by atoms with Gasteiger partial charge in [0.25, 0.3) is 5.69 Å². The molecule has 0 fully saturated rings. The van der Waals surface area contributed by atoms with Crippen LogP contribution in [0.5, 0.6) is 0 Å². The van der Waals surface area contributed by atoms with Crippen LogP contribution >= 0.6 is 0 Å². The fourth-order valence-corrected chi connectivity index (χ4v) is 2.15. The molecule has 0 unspecified atom stereocenters. The largest absolute Gasteiger partial charge is 0.270 e. The van der Waals surface area contributed by atoms with Crippen molar-refractivity contribution in [3.8, 4) is 17.1 Å². The molecule has 2 aromatic heterocycles. The van der Waals surface area contributed by atoms with E-state index in [1.54, 1.807) is 10.7 Å². The van der Waals surface area contributed by atoms with Crippen LogP contribution in [-0.4, -0.2) is 35.3 Å². The molecule has 0 aliphatic carbocycles. The predicted octanol–water partition coefficient (Wildman–Crippen LogP) is 1.58. The molecule has 0 atom stereocenters. The molecule has 0 saturated heterocycles. The van der Waals surface area contributed by atoms with Gasteiger partial charge in [0.2, 0.25) is 5.82 Å². The van der Waals surface area contributed by atoms with Gasteiger partial charge in [0, 0.05) is 17.8 Å². The first-order valence-corrected chi connectivity index (χ1v) is 6.12. The number of non-ortho nitro benzene ring substituents is 1. The molecule has 0 bridgehead atoms. The molecular formula is C12H11N7O2. The van der Waals surface area contributed by atoms with Crippen molar-refractivity contribution in [2.45, 2.75) is 13.8 Å². The molecule has 9 heteroatoms. The smallest absolute Gasteiger partial charge is 0.258 e. The lowest BCUT2D eigenvalue weighted by atomic mass is 10.1. The van der Waals surface area contributed by atoms with E-state index in [1.807, 2.05) is 19.9 Å². The summed E-state index contributed by atoms with van der Waals surface area (Å²) in [7, 11) is 0. The molecule has 9 nitrogen and oxygen atoms in total. The number of nitrogens with zero attached hydrogens (tertiary/aromatic N) is 6. The molecule has 106 valence electrons. The summed E-state index contributed by atoms with van der Waals surface area (Å²) in [4.78, 5) is 10.5. The Morgan fingerprint density at radius 2 is 2.10 bits per heavy atom. The highest BCUT2D eigenvalue weighted by Crippen LogP contribution is 2.28. The number of rotatable bonds is 3. The number of hydrogen-bond acceptors (Lipinski definition) is 6. The summed E-state index contributed by atoms with van der Waals surface area (Å²) in [6.07, 6.45) is 0. The normalized spacial score (nSPS) is 10.8. The Hall–Kier alpha value is -3.10. The zero-order valence-electron chi connectivity index (χ0n) is 11.3. The third kappa shape index (κ3) is 2.24. The van der Waals surface area contributed by atoms with Crippen LogP contribution in [0, 0.1) is 24.0 Å². The fraction of sp³-hybridized carbons (Fsp3) is 0.167. The second-order valence-electron chi connectivity index (χ2n) is 4.53. The maximum Gasteiger partial charge on any atom is 0.270 e. The summed E-state index contributed by atoms with van der Waals surface area (Å²) in [5.74, 6) is 0.279. The summed E-state index contributed by atoms with van der Waals surface area (Å²) < 4.78 is 1.70. The van der Waals surface area contributed by atoms with Crippen LogP contribution in [0.2, 0.25) is 0 Å². The summed E-state index contributed by atoms with van der Waals surface area (Å²) in [6.45, 7) is 3.78. The summed E-state index contributed by atoms with van der Waals surface area (Å²) in [5, 5.41) is 29.0. The first-order chi connectivity index (χ1) is 10.1. The molecule has 2 heterocycles. The van der Waals surface area contributed by atoms with E-state index in [0.717, 1.165) is 11.4 Å². The summed E-state index contributed by atoms with van der Waals surface area (Å²) in [5.41, 5.74) is 2.87.